The first-order chi connectivity index (χ1) is 9.90. The van der Waals surface area contributed by atoms with E-state index >= 15 is 0 Å². The molecule has 1 aromatic carbocycles. The van der Waals surface area contributed by atoms with E-state index in [9.17, 15) is 14.7 Å². The molecule has 2 amide bonds. The number of hydrogen-bond acceptors (Lipinski definition) is 3. The smallest absolute Gasteiger partial charge is 0.242 e. The molecule has 116 valence electrons. The van der Waals surface area contributed by atoms with Crippen molar-refractivity contribution in [2.45, 2.75) is 39.3 Å². The molecule has 5 heteroatoms. The fourth-order valence-electron chi connectivity index (χ4n) is 1.90. The molecule has 0 saturated heterocycles. The zero-order chi connectivity index (χ0) is 15.8. The monoisotopic (exact) mass is 292 g/mol. The summed E-state index contributed by atoms with van der Waals surface area (Å²) in [6, 6.07) is 8.78. The SMILES string of the molecule is CC(C)C(NC(=O)Cc1ccccc1)C(=O)NC[C@@H](C)O. The van der Waals surface area contributed by atoms with Gasteiger partial charge in [-0.2, -0.15) is 0 Å². The van der Waals surface area contributed by atoms with Crippen LogP contribution in [0.3, 0.4) is 0 Å². The summed E-state index contributed by atoms with van der Waals surface area (Å²) in [4.78, 5) is 24.1. The van der Waals surface area contributed by atoms with Crippen molar-refractivity contribution in [3.8, 4) is 0 Å². The minimum atomic E-state index is -0.609. The first-order valence-electron chi connectivity index (χ1n) is 7.19. The Morgan fingerprint density at radius 3 is 2.29 bits per heavy atom. The van der Waals surface area contributed by atoms with Crippen LogP contribution in [0.4, 0.5) is 0 Å². The predicted octanol–water partition coefficient (Wildman–Crippen LogP) is 0.867. The number of aliphatic hydroxyl groups is 1. The highest BCUT2D eigenvalue weighted by Crippen LogP contribution is 2.04. The summed E-state index contributed by atoms with van der Waals surface area (Å²) in [5, 5.41) is 14.6. The Hall–Kier alpha value is -1.88. The van der Waals surface area contributed by atoms with Gasteiger partial charge < -0.3 is 15.7 Å². The minimum absolute atomic E-state index is 0.0290. The van der Waals surface area contributed by atoms with Crippen LogP contribution in [0.2, 0.25) is 0 Å². The summed E-state index contributed by atoms with van der Waals surface area (Å²) in [5.74, 6) is -0.488. The Balaban J connectivity index is 2.57. The van der Waals surface area contributed by atoms with Gasteiger partial charge in [0.25, 0.3) is 0 Å². The number of hydrogen-bond donors (Lipinski definition) is 3. The Morgan fingerprint density at radius 2 is 1.76 bits per heavy atom. The maximum absolute atomic E-state index is 12.0. The third kappa shape index (κ3) is 6.40. The molecule has 1 unspecified atom stereocenters. The second-order valence-corrected chi connectivity index (χ2v) is 5.55. The maximum atomic E-state index is 12.0. The van der Waals surface area contributed by atoms with Gasteiger partial charge in [-0.1, -0.05) is 44.2 Å². The largest absolute Gasteiger partial charge is 0.392 e. The van der Waals surface area contributed by atoms with Gasteiger partial charge in [0.15, 0.2) is 0 Å². The summed E-state index contributed by atoms with van der Waals surface area (Å²) < 4.78 is 0. The van der Waals surface area contributed by atoms with Crippen molar-refractivity contribution in [3.63, 3.8) is 0 Å². The number of benzene rings is 1. The van der Waals surface area contributed by atoms with Crippen LogP contribution in [0.5, 0.6) is 0 Å². The summed E-state index contributed by atoms with van der Waals surface area (Å²) >= 11 is 0. The molecule has 0 saturated carbocycles. The fourth-order valence-corrected chi connectivity index (χ4v) is 1.90. The summed E-state index contributed by atoms with van der Waals surface area (Å²) in [6.07, 6.45) is -0.366. The van der Waals surface area contributed by atoms with Crippen molar-refractivity contribution in [3.05, 3.63) is 35.9 Å². The van der Waals surface area contributed by atoms with E-state index < -0.39 is 12.1 Å². The molecule has 1 rings (SSSR count). The van der Waals surface area contributed by atoms with E-state index in [1.165, 1.54) is 0 Å². The number of carbonyl (C=O) groups is 2. The highest BCUT2D eigenvalue weighted by atomic mass is 16.3. The van der Waals surface area contributed by atoms with Crippen LogP contribution in [-0.4, -0.2) is 35.6 Å². The molecule has 0 aromatic heterocycles. The number of carbonyl (C=O) groups excluding carboxylic acids is 2. The molecule has 0 aliphatic rings. The van der Waals surface area contributed by atoms with Crippen molar-refractivity contribution in [2.24, 2.45) is 5.92 Å². The van der Waals surface area contributed by atoms with E-state index in [2.05, 4.69) is 10.6 Å². The molecule has 0 fully saturated rings. The average molecular weight is 292 g/mol. The van der Waals surface area contributed by atoms with Crippen molar-refractivity contribution < 1.29 is 14.7 Å². The van der Waals surface area contributed by atoms with Crippen LogP contribution < -0.4 is 10.6 Å². The van der Waals surface area contributed by atoms with Gasteiger partial charge in [-0.05, 0) is 18.4 Å². The maximum Gasteiger partial charge on any atom is 0.242 e. The van der Waals surface area contributed by atoms with Gasteiger partial charge in [0, 0.05) is 6.54 Å². The number of aliphatic hydroxyl groups excluding tert-OH is 1. The summed E-state index contributed by atoms with van der Waals surface area (Å²) in [5.41, 5.74) is 0.905. The second-order valence-electron chi connectivity index (χ2n) is 5.55. The minimum Gasteiger partial charge on any atom is -0.392 e. The summed E-state index contributed by atoms with van der Waals surface area (Å²) in [6.45, 7) is 5.51. The molecule has 5 nitrogen and oxygen atoms in total. The second kappa shape index (κ2) is 8.42. The van der Waals surface area contributed by atoms with Gasteiger partial charge in [0.1, 0.15) is 6.04 Å². The van der Waals surface area contributed by atoms with E-state index in [4.69, 9.17) is 0 Å². The lowest BCUT2D eigenvalue weighted by Gasteiger charge is -2.22. The van der Waals surface area contributed by atoms with Crippen molar-refractivity contribution >= 4 is 11.8 Å². The van der Waals surface area contributed by atoms with Crippen LogP contribution in [0, 0.1) is 5.92 Å². The average Bonchev–Trinajstić information content (AvgIpc) is 2.43. The van der Waals surface area contributed by atoms with E-state index in [0.717, 1.165) is 5.56 Å². The number of nitrogens with one attached hydrogen (secondary N) is 2. The van der Waals surface area contributed by atoms with Crippen molar-refractivity contribution in [1.29, 1.82) is 0 Å². The molecule has 3 N–H and O–H groups in total. The van der Waals surface area contributed by atoms with Gasteiger partial charge in [-0.3, -0.25) is 9.59 Å². The lowest BCUT2D eigenvalue weighted by atomic mass is 10.0. The molecule has 0 heterocycles. The van der Waals surface area contributed by atoms with Gasteiger partial charge in [0.05, 0.1) is 12.5 Å². The van der Waals surface area contributed by atoms with E-state index in [1.54, 1.807) is 6.92 Å². The van der Waals surface area contributed by atoms with Gasteiger partial charge in [-0.15, -0.1) is 0 Å². The van der Waals surface area contributed by atoms with Gasteiger partial charge >= 0.3 is 0 Å². The van der Waals surface area contributed by atoms with Crippen LogP contribution in [-0.2, 0) is 16.0 Å². The number of amides is 2. The molecular weight excluding hydrogens is 268 g/mol. The normalized spacial score (nSPS) is 13.6. The number of rotatable bonds is 7. The molecular formula is C16H24N2O3. The molecule has 0 radical (unpaired) electrons. The predicted molar refractivity (Wildman–Crippen MR) is 81.6 cm³/mol. The summed E-state index contributed by atoms with van der Waals surface area (Å²) in [7, 11) is 0. The third-order valence-corrected chi connectivity index (χ3v) is 3.04. The Bertz CT molecular complexity index is 458. The Labute approximate surface area is 125 Å². The van der Waals surface area contributed by atoms with Crippen LogP contribution in [0.25, 0.3) is 0 Å². The molecule has 0 aliphatic carbocycles. The van der Waals surface area contributed by atoms with Crippen molar-refractivity contribution in [1.82, 2.24) is 10.6 Å². The lowest BCUT2D eigenvalue weighted by Crippen LogP contribution is -2.51. The topological polar surface area (TPSA) is 78.4 Å². The lowest BCUT2D eigenvalue weighted by molar-refractivity contribution is -0.130. The first kappa shape index (κ1) is 17.2. The molecule has 2 atom stereocenters. The van der Waals surface area contributed by atoms with E-state index in [0.29, 0.717) is 0 Å². The molecule has 1 aromatic rings. The Kier molecular flexibility index (Phi) is 6.88. The zero-order valence-corrected chi connectivity index (χ0v) is 12.8. The van der Waals surface area contributed by atoms with Crippen LogP contribution in [0.1, 0.15) is 26.3 Å². The van der Waals surface area contributed by atoms with Gasteiger partial charge in [0.2, 0.25) is 11.8 Å². The van der Waals surface area contributed by atoms with E-state index in [-0.39, 0.29) is 30.7 Å². The molecule has 0 aliphatic heterocycles. The van der Waals surface area contributed by atoms with Gasteiger partial charge in [-0.25, -0.2) is 0 Å². The van der Waals surface area contributed by atoms with E-state index in [1.807, 2.05) is 44.2 Å². The highest BCUT2D eigenvalue weighted by molar-refractivity contribution is 5.88. The quantitative estimate of drug-likeness (QED) is 0.697. The van der Waals surface area contributed by atoms with Crippen LogP contribution in [0.15, 0.2) is 30.3 Å². The van der Waals surface area contributed by atoms with Crippen LogP contribution >= 0.6 is 0 Å². The first-order valence-corrected chi connectivity index (χ1v) is 7.19. The van der Waals surface area contributed by atoms with Crippen molar-refractivity contribution in [2.75, 3.05) is 6.54 Å². The molecule has 0 bridgehead atoms. The third-order valence-electron chi connectivity index (χ3n) is 3.04. The molecule has 21 heavy (non-hydrogen) atoms. The zero-order valence-electron chi connectivity index (χ0n) is 12.8. The molecule has 0 spiro atoms. The Morgan fingerprint density at radius 1 is 1.14 bits per heavy atom. The standard InChI is InChI=1S/C16H24N2O3/c1-11(2)15(16(21)17-10-12(3)19)18-14(20)9-13-7-5-4-6-8-13/h4-8,11-12,15,19H,9-10H2,1-3H3,(H,17,21)(H,18,20)/t12-,15?/m1/s1. The highest BCUT2D eigenvalue weighted by Gasteiger charge is 2.24. The fraction of sp³-hybridized carbons (Fsp3) is 0.500.